The summed E-state index contributed by atoms with van der Waals surface area (Å²) < 4.78 is 1.95. The fourth-order valence-corrected chi connectivity index (χ4v) is 2.52. The van der Waals surface area contributed by atoms with E-state index in [9.17, 15) is 9.59 Å². The van der Waals surface area contributed by atoms with Gasteiger partial charge in [-0.3, -0.25) is 14.8 Å². The number of carboxylic acid groups (broad SMARTS) is 1. The number of carboxylic acids is 1. The Morgan fingerprint density at radius 2 is 2.14 bits per heavy atom. The van der Waals surface area contributed by atoms with Gasteiger partial charge in [0.2, 0.25) is 0 Å². The van der Waals surface area contributed by atoms with Gasteiger partial charge in [-0.1, -0.05) is 6.92 Å². The quantitative estimate of drug-likeness (QED) is 0.844. The Labute approximate surface area is 130 Å². The third kappa shape index (κ3) is 3.78. The third-order valence-electron chi connectivity index (χ3n) is 4.16. The van der Waals surface area contributed by atoms with Crippen LogP contribution in [0.4, 0.5) is 10.6 Å². The highest BCUT2D eigenvalue weighted by Gasteiger charge is 2.30. The molecule has 1 saturated carbocycles. The molecule has 1 aliphatic rings. The Balaban J connectivity index is 1.96. The van der Waals surface area contributed by atoms with Crippen LogP contribution in [0.1, 0.15) is 38.4 Å². The summed E-state index contributed by atoms with van der Waals surface area (Å²) in [4.78, 5) is 24.3. The highest BCUT2D eigenvalue weighted by molar-refractivity contribution is 5.88. The molecule has 0 aromatic carbocycles. The highest BCUT2D eigenvalue weighted by Crippen LogP contribution is 2.39. The van der Waals surface area contributed by atoms with Gasteiger partial charge in [0.25, 0.3) is 0 Å². The van der Waals surface area contributed by atoms with E-state index in [1.165, 1.54) is 17.7 Å². The summed E-state index contributed by atoms with van der Waals surface area (Å²) in [6, 6.07) is 1.83. The summed E-state index contributed by atoms with van der Waals surface area (Å²) in [6.07, 6.45) is 2.47. The lowest BCUT2D eigenvalue weighted by molar-refractivity contribution is -0.141. The van der Waals surface area contributed by atoms with Crippen molar-refractivity contribution in [2.45, 2.75) is 39.7 Å². The predicted octanol–water partition coefficient (Wildman–Crippen LogP) is 2.35. The van der Waals surface area contributed by atoms with E-state index in [-0.39, 0.29) is 12.6 Å². The number of aromatic nitrogens is 2. The Morgan fingerprint density at radius 1 is 1.50 bits per heavy atom. The monoisotopic (exact) mass is 308 g/mol. The second-order valence-corrected chi connectivity index (χ2v) is 6.24. The fourth-order valence-electron chi connectivity index (χ4n) is 2.52. The van der Waals surface area contributed by atoms with Crippen molar-refractivity contribution < 1.29 is 14.7 Å². The number of carbonyl (C=O) groups is 2. The fraction of sp³-hybridized carbons (Fsp3) is 0.667. The number of anilines is 1. The van der Waals surface area contributed by atoms with Crippen molar-refractivity contribution in [2.75, 3.05) is 18.9 Å². The second-order valence-electron chi connectivity index (χ2n) is 6.24. The molecule has 2 rings (SSSR count). The van der Waals surface area contributed by atoms with Crippen LogP contribution in [0.25, 0.3) is 0 Å². The maximum absolute atomic E-state index is 12.1. The topological polar surface area (TPSA) is 87.5 Å². The minimum absolute atomic E-state index is 0.152. The van der Waals surface area contributed by atoms with Crippen molar-refractivity contribution in [1.82, 2.24) is 14.7 Å². The molecule has 122 valence electrons. The number of rotatable bonds is 6. The number of amides is 2. The number of aryl methyl sites for hydroxylation is 1. The molecule has 1 heterocycles. The lowest BCUT2D eigenvalue weighted by Gasteiger charge is -2.19. The van der Waals surface area contributed by atoms with E-state index in [4.69, 9.17) is 5.11 Å². The largest absolute Gasteiger partial charge is 0.481 e. The van der Waals surface area contributed by atoms with E-state index in [1.807, 2.05) is 17.7 Å². The standard InChI is InChI=1S/C15H24N4O3/c1-9(14(20)21)8-18(4)15(22)16-13-7-10(2)19(17-13)11(3)12-5-6-12/h7,9,11-12H,5-6,8H2,1-4H3,(H,20,21)(H,16,17,22). The Bertz CT molecular complexity index is 565. The first kappa shape index (κ1) is 16.3. The van der Waals surface area contributed by atoms with Gasteiger partial charge in [0.15, 0.2) is 5.82 Å². The molecule has 0 aliphatic heterocycles. The van der Waals surface area contributed by atoms with Gasteiger partial charge in [0.05, 0.1) is 12.0 Å². The van der Waals surface area contributed by atoms with Gasteiger partial charge < -0.3 is 10.0 Å². The minimum Gasteiger partial charge on any atom is -0.481 e. The van der Waals surface area contributed by atoms with Crippen LogP contribution in [0.15, 0.2) is 6.07 Å². The molecule has 1 aliphatic carbocycles. The van der Waals surface area contributed by atoms with E-state index in [0.717, 1.165) is 5.69 Å². The molecule has 2 unspecified atom stereocenters. The summed E-state index contributed by atoms with van der Waals surface area (Å²) in [5.41, 5.74) is 1.01. The molecule has 2 N–H and O–H groups in total. The highest BCUT2D eigenvalue weighted by atomic mass is 16.4. The molecular formula is C15H24N4O3. The van der Waals surface area contributed by atoms with Crippen LogP contribution >= 0.6 is 0 Å². The van der Waals surface area contributed by atoms with Crippen LogP contribution in [0.5, 0.6) is 0 Å². The first-order valence-corrected chi connectivity index (χ1v) is 7.60. The summed E-state index contributed by atoms with van der Waals surface area (Å²) >= 11 is 0. The zero-order chi connectivity index (χ0) is 16.4. The van der Waals surface area contributed by atoms with Gasteiger partial charge in [-0.15, -0.1) is 0 Å². The average molecular weight is 308 g/mol. The van der Waals surface area contributed by atoms with E-state index in [2.05, 4.69) is 17.3 Å². The van der Waals surface area contributed by atoms with Crippen LogP contribution in [0.2, 0.25) is 0 Å². The molecule has 0 spiro atoms. The molecule has 0 bridgehead atoms. The number of hydrogen-bond donors (Lipinski definition) is 2. The van der Waals surface area contributed by atoms with Gasteiger partial charge in [0.1, 0.15) is 0 Å². The molecule has 2 atom stereocenters. The molecule has 1 aromatic heterocycles. The van der Waals surface area contributed by atoms with Crippen molar-refractivity contribution >= 4 is 17.8 Å². The maximum atomic E-state index is 12.1. The molecule has 2 amide bonds. The molecule has 7 nitrogen and oxygen atoms in total. The van der Waals surface area contributed by atoms with Crippen LogP contribution in [0.3, 0.4) is 0 Å². The van der Waals surface area contributed by atoms with Crippen molar-refractivity contribution in [2.24, 2.45) is 11.8 Å². The number of hydrogen-bond acceptors (Lipinski definition) is 3. The van der Waals surface area contributed by atoms with E-state index in [0.29, 0.717) is 17.8 Å². The summed E-state index contributed by atoms with van der Waals surface area (Å²) in [5.74, 6) is -0.339. The normalized spacial score (nSPS) is 16.9. The van der Waals surface area contributed by atoms with Crippen LogP contribution in [-0.2, 0) is 4.79 Å². The van der Waals surface area contributed by atoms with Crippen LogP contribution in [-0.4, -0.2) is 45.4 Å². The van der Waals surface area contributed by atoms with Gasteiger partial charge in [-0.2, -0.15) is 5.10 Å². The second kappa shape index (κ2) is 6.37. The zero-order valence-electron chi connectivity index (χ0n) is 13.5. The van der Waals surface area contributed by atoms with Gasteiger partial charge in [0, 0.05) is 25.4 Å². The number of aliphatic carboxylic acids is 1. The number of nitrogens with one attached hydrogen (secondary N) is 1. The maximum Gasteiger partial charge on any atom is 0.322 e. The van der Waals surface area contributed by atoms with E-state index in [1.54, 1.807) is 14.0 Å². The molecular weight excluding hydrogens is 284 g/mol. The third-order valence-corrected chi connectivity index (χ3v) is 4.16. The first-order chi connectivity index (χ1) is 10.3. The molecule has 0 radical (unpaired) electrons. The van der Waals surface area contributed by atoms with Gasteiger partial charge in [-0.25, -0.2) is 4.79 Å². The van der Waals surface area contributed by atoms with Gasteiger partial charge >= 0.3 is 12.0 Å². The molecule has 7 heteroatoms. The Hall–Kier alpha value is -2.05. The number of carbonyl (C=O) groups excluding carboxylic acids is 1. The lowest BCUT2D eigenvalue weighted by Crippen LogP contribution is -2.36. The average Bonchev–Trinajstić information content (AvgIpc) is 3.22. The van der Waals surface area contributed by atoms with Crippen molar-refractivity contribution in [1.29, 1.82) is 0 Å². The summed E-state index contributed by atoms with van der Waals surface area (Å²) in [6.45, 7) is 5.84. The summed E-state index contributed by atoms with van der Waals surface area (Å²) in [5, 5.41) is 16.1. The lowest BCUT2D eigenvalue weighted by atomic mass is 10.2. The molecule has 1 fully saturated rings. The van der Waals surface area contributed by atoms with Crippen molar-refractivity contribution in [3.05, 3.63) is 11.8 Å². The minimum atomic E-state index is -0.918. The molecule has 0 saturated heterocycles. The zero-order valence-corrected chi connectivity index (χ0v) is 13.5. The Morgan fingerprint density at radius 3 is 2.68 bits per heavy atom. The van der Waals surface area contributed by atoms with E-state index >= 15 is 0 Å². The smallest absolute Gasteiger partial charge is 0.322 e. The Kier molecular flexibility index (Phi) is 4.73. The van der Waals surface area contributed by atoms with Crippen LogP contribution in [0, 0.1) is 18.8 Å². The summed E-state index contributed by atoms with van der Waals surface area (Å²) in [7, 11) is 1.57. The molecule has 1 aromatic rings. The van der Waals surface area contributed by atoms with E-state index < -0.39 is 11.9 Å². The predicted molar refractivity (Wildman–Crippen MR) is 82.8 cm³/mol. The van der Waals surface area contributed by atoms with Crippen molar-refractivity contribution in [3.63, 3.8) is 0 Å². The van der Waals surface area contributed by atoms with Crippen LogP contribution < -0.4 is 5.32 Å². The number of urea groups is 1. The molecule has 22 heavy (non-hydrogen) atoms. The first-order valence-electron chi connectivity index (χ1n) is 7.60. The van der Waals surface area contributed by atoms with Crippen molar-refractivity contribution in [3.8, 4) is 0 Å². The SMILES string of the molecule is Cc1cc(NC(=O)N(C)CC(C)C(=O)O)nn1C(C)C1CC1. The van der Waals surface area contributed by atoms with Gasteiger partial charge in [-0.05, 0) is 32.6 Å². The number of nitrogens with zero attached hydrogens (tertiary/aromatic N) is 3.